The zero-order valence-corrected chi connectivity index (χ0v) is 17.9. The molecule has 0 amide bonds. The predicted molar refractivity (Wildman–Crippen MR) is 112 cm³/mol. The van der Waals surface area contributed by atoms with Gasteiger partial charge in [0.05, 0.1) is 22.1 Å². The fourth-order valence-corrected chi connectivity index (χ4v) is 3.91. The summed E-state index contributed by atoms with van der Waals surface area (Å²) in [5.41, 5.74) is 2.02. The van der Waals surface area contributed by atoms with Crippen LogP contribution in [0.3, 0.4) is 0 Å². The molecule has 1 aromatic carbocycles. The van der Waals surface area contributed by atoms with Gasteiger partial charge >= 0.3 is 5.97 Å². The van der Waals surface area contributed by atoms with Crippen LogP contribution in [0.5, 0.6) is 5.75 Å². The van der Waals surface area contributed by atoms with E-state index in [1.54, 1.807) is 57.3 Å². The molecule has 1 unspecified atom stereocenters. The third kappa shape index (κ3) is 5.49. The molecule has 0 bridgehead atoms. The molecule has 5 nitrogen and oxygen atoms in total. The molecule has 0 radical (unpaired) electrons. The number of ether oxygens (including phenoxy) is 1. The predicted octanol–water partition coefficient (Wildman–Crippen LogP) is 4.68. The van der Waals surface area contributed by atoms with Crippen molar-refractivity contribution < 1.29 is 19.4 Å². The van der Waals surface area contributed by atoms with Gasteiger partial charge in [0.25, 0.3) is 0 Å². The Morgan fingerprint density at radius 1 is 1.29 bits per heavy atom. The SMILES string of the molecule is CCOC(=O)C(C(=O)C(C)(C)SCc1ccc(O)cc1)c1ncc(C)cc1Cl. The number of benzene rings is 1. The number of phenolic OH excluding ortho intramolecular Hbond substituents is 1. The molecule has 0 aliphatic carbocycles. The molecule has 28 heavy (non-hydrogen) atoms. The lowest BCUT2D eigenvalue weighted by Crippen LogP contribution is -2.38. The summed E-state index contributed by atoms with van der Waals surface area (Å²) in [7, 11) is 0. The summed E-state index contributed by atoms with van der Waals surface area (Å²) in [6.45, 7) is 7.23. The Morgan fingerprint density at radius 3 is 2.50 bits per heavy atom. The van der Waals surface area contributed by atoms with Crippen molar-refractivity contribution >= 4 is 35.1 Å². The van der Waals surface area contributed by atoms with Crippen molar-refractivity contribution in [1.82, 2.24) is 4.98 Å². The maximum Gasteiger partial charge on any atom is 0.322 e. The zero-order chi connectivity index (χ0) is 20.9. The summed E-state index contributed by atoms with van der Waals surface area (Å²) in [4.78, 5) is 30.2. The smallest absolute Gasteiger partial charge is 0.322 e. The molecule has 7 heteroatoms. The molecular weight excluding hydrogens is 398 g/mol. The third-order valence-electron chi connectivity index (χ3n) is 4.19. The summed E-state index contributed by atoms with van der Waals surface area (Å²) in [6, 6.07) is 8.47. The molecule has 0 spiro atoms. The molecular formula is C21H24ClNO4S. The van der Waals surface area contributed by atoms with E-state index in [1.807, 2.05) is 6.92 Å². The Morgan fingerprint density at radius 2 is 1.93 bits per heavy atom. The van der Waals surface area contributed by atoms with Crippen LogP contribution in [0.25, 0.3) is 0 Å². The maximum atomic E-state index is 13.3. The highest BCUT2D eigenvalue weighted by molar-refractivity contribution is 8.00. The largest absolute Gasteiger partial charge is 0.508 e. The summed E-state index contributed by atoms with van der Waals surface area (Å²) in [6.07, 6.45) is 1.58. The van der Waals surface area contributed by atoms with Crippen LogP contribution in [0.2, 0.25) is 5.02 Å². The maximum absolute atomic E-state index is 13.3. The van der Waals surface area contributed by atoms with Crippen molar-refractivity contribution in [2.24, 2.45) is 0 Å². The highest BCUT2D eigenvalue weighted by Gasteiger charge is 2.41. The first-order valence-electron chi connectivity index (χ1n) is 8.90. The van der Waals surface area contributed by atoms with Crippen LogP contribution < -0.4 is 0 Å². The Balaban J connectivity index is 2.28. The molecule has 1 heterocycles. The number of rotatable bonds is 8. The monoisotopic (exact) mass is 421 g/mol. The Labute approximate surface area is 174 Å². The van der Waals surface area contributed by atoms with Gasteiger partial charge in [-0.15, -0.1) is 11.8 Å². The lowest BCUT2D eigenvalue weighted by molar-refractivity contribution is -0.148. The van der Waals surface area contributed by atoms with Crippen molar-refractivity contribution in [3.8, 4) is 5.75 Å². The lowest BCUT2D eigenvalue weighted by atomic mass is 9.91. The highest BCUT2D eigenvalue weighted by atomic mass is 35.5. The standard InChI is InChI=1S/C21H24ClNO4S/c1-5-27-20(26)17(18-16(22)10-13(2)11-23-18)19(25)21(3,4)28-12-14-6-8-15(24)9-7-14/h6-11,17,24H,5,12H2,1-4H3. The molecule has 2 rings (SSSR count). The van der Waals surface area contributed by atoms with Crippen molar-refractivity contribution in [2.45, 2.75) is 44.1 Å². The molecule has 1 N–H and O–H groups in total. The number of aromatic nitrogens is 1. The van der Waals surface area contributed by atoms with Crippen LogP contribution in [-0.2, 0) is 20.1 Å². The normalized spacial score (nSPS) is 12.5. The fourth-order valence-electron chi connectivity index (χ4n) is 2.60. The second-order valence-electron chi connectivity index (χ2n) is 6.89. The number of carbonyl (C=O) groups excluding carboxylic acids is 2. The molecule has 1 aromatic heterocycles. The summed E-state index contributed by atoms with van der Waals surface area (Å²) in [5, 5.41) is 9.67. The van der Waals surface area contributed by atoms with E-state index >= 15 is 0 Å². The van der Waals surface area contributed by atoms with Gasteiger partial charge in [0.15, 0.2) is 11.7 Å². The first-order chi connectivity index (χ1) is 13.2. The number of ketones is 1. The average molecular weight is 422 g/mol. The summed E-state index contributed by atoms with van der Waals surface area (Å²) >= 11 is 7.70. The third-order valence-corrected chi connectivity index (χ3v) is 5.90. The molecule has 0 saturated carbocycles. The number of hydrogen-bond donors (Lipinski definition) is 1. The van der Waals surface area contributed by atoms with Gasteiger partial charge in [-0.05, 0) is 57.0 Å². The van der Waals surface area contributed by atoms with Gasteiger partial charge in [-0.3, -0.25) is 14.6 Å². The van der Waals surface area contributed by atoms with Crippen LogP contribution in [0.1, 0.15) is 43.5 Å². The number of pyridine rings is 1. The van der Waals surface area contributed by atoms with E-state index < -0.39 is 16.6 Å². The molecule has 0 aliphatic rings. The van der Waals surface area contributed by atoms with E-state index in [0.717, 1.165) is 11.1 Å². The number of Topliss-reactive ketones (excluding diaryl/α,β-unsaturated/α-hetero) is 1. The van der Waals surface area contributed by atoms with E-state index in [-0.39, 0.29) is 28.9 Å². The van der Waals surface area contributed by atoms with Gasteiger partial charge < -0.3 is 9.84 Å². The highest BCUT2D eigenvalue weighted by Crippen LogP contribution is 2.36. The lowest BCUT2D eigenvalue weighted by Gasteiger charge is -2.27. The number of thioether (sulfide) groups is 1. The second-order valence-corrected chi connectivity index (χ2v) is 8.90. The number of aryl methyl sites for hydroxylation is 1. The molecule has 0 saturated heterocycles. The number of esters is 1. The molecule has 150 valence electrons. The van der Waals surface area contributed by atoms with E-state index in [2.05, 4.69) is 4.98 Å². The van der Waals surface area contributed by atoms with Gasteiger partial charge in [0.2, 0.25) is 0 Å². The summed E-state index contributed by atoms with van der Waals surface area (Å²) < 4.78 is 4.26. The van der Waals surface area contributed by atoms with Crippen LogP contribution in [0.4, 0.5) is 0 Å². The van der Waals surface area contributed by atoms with Crippen molar-refractivity contribution in [1.29, 1.82) is 0 Å². The van der Waals surface area contributed by atoms with Gasteiger partial charge in [-0.2, -0.15) is 0 Å². The number of nitrogens with zero attached hydrogens (tertiary/aromatic N) is 1. The van der Waals surface area contributed by atoms with Crippen molar-refractivity contribution in [3.63, 3.8) is 0 Å². The van der Waals surface area contributed by atoms with Gasteiger partial charge in [0.1, 0.15) is 5.75 Å². The Hall–Kier alpha value is -2.05. The average Bonchev–Trinajstić information content (AvgIpc) is 2.63. The molecule has 0 fully saturated rings. The zero-order valence-electron chi connectivity index (χ0n) is 16.4. The van der Waals surface area contributed by atoms with E-state index in [4.69, 9.17) is 16.3 Å². The number of hydrogen-bond acceptors (Lipinski definition) is 6. The minimum atomic E-state index is -1.18. The van der Waals surface area contributed by atoms with Gasteiger partial charge in [0, 0.05) is 11.9 Å². The Bertz CT molecular complexity index is 852. The number of carbonyl (C=O) groups is 2. The number of phenols is 1. The topological polar surface area (TPSA) is 76.5 Å². The van der Waals surface area contributed by atoms with Gasteiger partial charge in [-0.25, -0.2) is 0 Å². The minimum Gasteiger partial charge on any atom is -0.508 e. The van der Waals surface area contributed by atoms with Crippen molar-refractivity contribution in [2.75, 3.05) is 6.61 Å². The van der Waals surface area contributed by atoms with E-state index in [1.165, 1.54) is 11.8 Å². The Kier molecular flexibility index (Phi) is 7.49. The minimum absolute atomic E-state index is 0.160. The van der Waals surface area contributed by atoms with Crippen LogP contribution in [0.15, 0.2) is 36.5 Å². The molecule has 0 aliphatic heterocycles. The first kappa shape index (κ1) is 22.2. The molecule has 2 aromatic rings. The van der Waals surface area contributed by atoms with Crippen LogP contribution >= 0.6 is 23.4 Å². The van der Waals surface area contributed by atoms with Crippen LogP contribution in [0, 0.1) is 6.92 Å². The number of aromatic hydroxyl groups is 1. The number of halogens is 1. The quantitative estimate of drug-likeness (QED) is 0.492. The summed E-state index contributed by atoms with van der Waals surface area (Å²) in [5.74, 6) is -1.41. The van der Waals surface area contributed by atoms with Gasteiger partial charge in [-0.1, -0.05) is 23.7 Å². The first-order valence-corrected chi connectivity index (χ1v) is 10.3. The molecule has 1 atom stereocenters. The van der Waals surface area contributed by atoms with E-state index in [0.29, 0.717) is 5.75 Å². The van der Waals surface area contributed by atoms with Crippen molar-refractivity contribution in [3.05, 3.63) is 58.4 Å². The van der Waals surface area contributed by atoms with E-state index in [9.17, 15) is 14.7 Å². The van der Waals surface area contributed by atoms with Crippen LogP contribution in [-0.4, -0.2) is 33.2 Å². The fraction of sp³-hybridized carbons (Fsp3) is 0.381. The second kappa shape index (κ2) is 9.43.